The van der Waals surface area contributed by atoms with Gasteiger partial charge in [-0.25, -0.2) is 9.78 Å². The molecule has 1 atom stereocenters. The number of nitrogen functional groups attached to an aromatic ring is 1. The van der Waals surface area contributed by atoms with Crippen LogP contribution in [0.5, 0.6) is 0 Å². The summed E-state index contributed by atoms with van der Waals surface area (Å²) in [5.74, 6) is 0.678. The number of anilines is 1. The number of hydrogen-bond acceptors (Lipinski definition) is 5. The van der Waals surface area contributed by atoms with E-state index >= 15 is 0 Å². The minimum atomic E-state index is -0.455. The molecule has 0 aliphatic heterocycles. The van der Waals surface area contributed by atoms with Crippen molar-refractivity contribution in [3.8, 4) is 0 Å². The Morgan fingerprint density at radius 3 is 2.82 bits per heavy atom. The Morgan fingerprint density at radius 1 is 1.65 bits per heavy atom. The van der Waals surface area contributed by atoms with Crippen LogP contribution >= 0.6 is 11.8 Å². The molecule has 6 heteroatoms. The monoisotopic (exact) mass is 257 g/mol. The molecule has 1 unspecified atom stereocenters. The van der Waals surface area contributed by atoms with Crippen LogP contribution in [-0.4, -0.2) is 33.6 Å². The molecule has 0 spiro atoms. The average molecular weight is 257 g/mol. The van der Waals surface area contributed by atoms with E-state index in [1.165, 1.54) is 0 Å². The van der Waals surface area contributed by atoms with Crippen molar-refractivity contribution in [3.05, 3.63) is 11.5 Å². The number of hydrogen-bond donors (Lipinski definition) is 1. The number of imidazole rings is 1. The predicted molar refractivity (Wildman–Crippen MR) is 70.3 cm³/mol. The van der Waals surface area contributed by atoms with Gasteiger partial charge in [0, 0.05) is 11.8 Å². The van der Waals surface area contributed by atoms with Crippen LogP contribution in [0.2, 0.25) is 0 Å². The third-order valence-corrected chi connectivity index (χ3v) is 3.46. The fourth-order valence-electron chi connectivity index (χ4n) is 1.49. The summed E-state index contributed by atoms with van der Waals surface area (Å²) in [5, 5.41) is 0.417. The number of ether oxygens (including phenoxy) is 1. The molecule has 1 rings (SSSR count). The van der Waals surface area contributed by atoms with E-state index in [9.17, 15) is 4.79 Å². The van der Waals surface area contributed by atoms with Crippen molar-refractivity contribution in [1.82, 2.24) is 9.55 Å². The molecule has 0 fully saturated rings. The van der Waals surface area contributed by atoms with Gasteiger partial charge in [-0.15, -0.1) is 0 Å². The van der Waals surface area contributed by atoms with Crippen molar-refractivity contribution >= 4 is 23.5 Å². The SMILES string of the molecule is CCOC(=O)c1nc(C)n(CC(C)SC)c1N. The molecule has 1 aromatic heterocycles. The molecule has 5 nitrogen and oxygen atoms in total. The third-order valence-electron chi connectivity index (χ3n) is 2.51. The molecule has 0 aliphatic rings. The first-order valence-corrected chi connectivity index (χ1v) is 6.82. The van der Waals surface area contributed by atoms with Crippen LogP contribution < -0.4 is 5.73 Å². The van der Waals surface area contributed by atoms with Crippen LogP contribution in [0.25, 0.3) is 0 Å². The highest BCUT2D eigenvalue weighted by Crippen LogP contribution is 2.18. The summed E-state index contributed by atoms with van der Waals surface area (Å²) >= 11 is 1.74. The van der Waals surface area contributed by atoms with Crippen LogP contribution in [-0.2, 0) is 11.3 Å². The predicted octanol–water partition coefficient (Wildman–Crippen LogP) is 1.70. The first-order valence-electron chi connectivity index (χ1n) is 5.53. The van der Waals surface area contributed by atoms with Crippen LogP contribution in [0, 0.1) is 6.92 Å². The molecule has 1 aromatic rings. The second kappa shape index (κ2) is 5.95. The third kappa shape index (κ3) is 3.15. The first kappa shape index (κ1) is 13.9. The standard InChI is InChI=1S/C11H19N3O2S/c1-5-16-11(15)9-10(12)14(8(3)13-9)6-7(2)17-4/h7H,5-6,12H2,1-4H3. The van der Waals surface area contributed by atoms with Gasteiger partial charge in [-0.1, -0.05) is 6.92 Å². The quantitative estimate of drug-likeness (QED) is 0.813. The lowest BCUT2D eigenvalue weighted by molar-refractivity contribution is 0.0521. The van der Waals surface area contributed by atoms with E-state index in [2.05, 4.69) is 11.9 Å². The fourth-order valence-corrected chi connectivity index (χ4v) is 1.79. The maximum atomic E-state index is 11.6. The highest BCUT2D eigenvalue weighted by atomic mass is 32.2. The smallest absolute Gasteiger partial charge is 0.360 e. The summed E-state index contributed by atoms with van der Waals surface area (Å²) in [6, 6.07) is 0. The van der Waals surface area contributed by atoms with Crippen molar-refractivity contribution in [3.63, 3.8) is 0 Å². The van der Waals surface area contributed by atoms with Crippen molar-refractivity contribution in [1.29, 1.82) is 0 Å². The van der Waals surface area contributed by atoms with Gasteiger partial charge in [0.05, 0.1) is 6.61 Å². The minimum Gasteiger partial charge on any atom is -0.461 e. The number of thioether (sulfide) groups is 1. The highest BCUT2D eigenvalue weighted by molar-refractivity contribution is 7.99. The normalized spacial score (nSPS) is 12.5. The van der Waals surface area contributed by atoms with Crippen LogP contribution in [0.1, 0.15) is 30.2 Å². The second-order valence-electron chi connectivity index (χ2n) is 3.77. The zero-order valence-electron chi connectivity index (χ0n) is 10.7. The number of carbonyl (C=O) groups is 1. The Morgan fingerprint density at radius 2 is 2.29 bits per heavy atom. The lowest BCUT2D eigenvalue weighted by atomic mass is 10.4. The van der Waals surface area contributed by atoms with Gasteiger partial charge < -0.3 is 15.0 Å². The lowest BCUT2D eigenvalue weighted by Gasteiger charge is -2.12. The molecular weight excluding hydrogens is 238 g/mol. The van der Waals surface area contributed by atoms with Gasteiger partial charge in [0.2, 0.25) is 0 Å². The van der Waals surface area contributed by atoms with E-state index in [-0.39, 0.29) is 5.69 Å². The zero-order chi connectivity index (χ0) is 13.0. The molecule has 17 heavy (non-hydrogen) atoms. The van der Waals surface area contributed by atoms with Gasteiger partial charge in [-0.3, -0.25) is 0 Å². The van der Waals surface area contributed by atoms with Gasteiger partial charge in [0.15, 0.2) is 5.69 Å². The highest BCUT2D eigenvalue weighted by Gasteiger charge is 2.20. The van der Waals surface area contributed by atoms with Gasteiger partial charge in [-0.05, 0) is 20.1 Å². The molecule has 0 bridgehead atoms. The molecule has 0 aromatic carbocycles. The summed E-state index contributed by atoms with van der Waals surface area (Å²) in [6.45, 7) is 6.77. The number of carbonyl (C=O) groups excluding carboxylic acids is 1. The maximum Gasteiger partial charge on any atom is 0.360 e. The Bertz CT molecular complexity index is 404. The van der Waals surface area contributed by atoms with Crippen LogP contribution in [0.4, 0.5) is 5.82 Å². The molecule has 0 saturated heterocycles. The minimum absolute atomic E-state index is 0.220. The van der Waals surface area contributed by atoms with Gasteiger partial charge in [0.25, 0.3) is 0 Å². The summed E-state index contributed by atoms with van der Waals surface area (Å²) in [4.78, 5) is 15.8. The van der Waals surface area contributed by atoms with E-state index < -0.39 is 5.97 Å². The van der Waals surface area contributed by atoms with Crippen LogP contribution in [0.3, 0.4) is 0 Å². The van der Waals surface area contributed by atoms with Gasteiger partial charge >= 0.3 is 5.97 Å². The van der Waals surface area contributed by atoms with Gasteiger partial charge in [0.1, 0.15) is 11.6 Å². The molecule has 2 N–H and O–H groups in total. The Hall–Kier alpha value is -1.17. The summed E-state index contributed by atoms with van der Waals surface area (Å²) in [6.07, 6.45) is 2.04. The second-order valence-corrected chi connectivity index (χ2v) is 5.05. The van der Waals surface area contributed by atoms with Crippen LogP contribution in [0.15, 0.2) is 0 Å². The van der Waals surface area contributed by atoms with E-state index in [1.807, 2.05) is 17.7 Å². The van der Waals surface area contributed by atoms with Crippen molar-refractivity contribution < 1.29 is 9.53 Å². The molecule has 0 aliphatic carbocycles. The van der Waals surface area contributed by atoms with Crippen molar-refractivity contribution in [2.45, 2.75) is 32.6 Å². The van der Waals surface area contributed by atoms with E-state index in [0.29, 0.717) is 17.7 Å². The Kier molecular flexibility index (Phi) is 4.86. The number of aryl methyl sites for hydroxylation is 1. The number of rotatable bonds is 5. The molecule has 0 radical (unpaired) electrons. The van der Waals surface area contributed by atoms with E-state index in [0.717, 1.165) is 12.4 Å². The topological polar surface area (TPSA) is 70.1 Å². The molecule has 0 amide bonds. The summed E-state index contributed by atoms with van der Waals surface area (Å²) in [5.41, 5.74) is 6.15. The lowest BCUT2D eigenvalue weighted by Crippen LogP contribution is -2.14. The van der Waals surface area contributed by atoms with Gasteiger partial charge in [-0.2, -0.15) is 11.8 Å². The van der Waals surface area contributed by atoms with E-state index in [4.69, 9.17) is 10.5 Å². The zero-order valence-corrected chi connectivity index (χ0v) is 11.5. The number of nitrogens with zero attached hydrogens (tertiary/aromatic N) is 2. The largest absolute Gasteiger partial charge is 0.461 e. The van der Waals surface area contributed by atoms with Crippen molar-refractivity contribution in [2.24, 2.45) is 0 Å². The van der Waals surface area contributed by atoms with Crippen molar-refractivity contribution in [2.75, 3.05) is 18.6 Å². The summed E-state index contributed by atoms with van der Waals surface area (Å²) in [7, 11) is 0. The number of aromatic nitrogens is 2. The molecule has 1 heterocycles. The fraction of sp³-hybridized carbons (Fsp3) is 0.636. The Balaban J connectivity index is 2.97. The average Bonchev–Trinajstić information content (AvgIpc) is 2.57. The number of esters is 1. The molecule has 0 saturated carbocycles. The number of nitrogens with two attached hydrogens (primary N) is 1. The maximum absolute atomic E-state index is 11.6. The molecule has 96 valence electrons. The molecular formula is C11H19N3O2S. The Labute approximate surface area is 106 Å². The first-order chi connectivity index (χ1) is 8.01. The van der Waals surface area contributed by atoms with E-state index in [1.54, 1.807) is 18.7 Å². The summed E-state index contributed by atoms with van der Waals surface area (Å²) < 4.78 is 6.76.